The summed E-state index contributed by atoms with van der Waals surface area (Å²) in [5.74, 6) is -0.606. The minimum Gasteiger partial charge on any atom is -0.509 e. The standard InChI is InChI=1S/C27H24N2O2/c1-17-20-15-9-10-16-21(20)28-24(17)22(18-11-5-3-6-12-18)23-25(30)27(2,29-26(23)31)19-13-7-4-8-14-19/h3-16,22,28,30H,1-2H3,(H,29,31)/t22?,27-/m1/s1. The maximum Gasteiger partial charge on any atom is 0.252 e. The number of aromatic nitrogens is 1. The number of aryl methyl sites for hydroxylation is 1. The van der Waals surface area contributed by atoms with Crippen LogP contribution in [0.15, 0.2) is 96.3 Å². The van der Waals surface area contributed by atoms with Crippen LogP contribution in [0.25, 0.3) is 10.9 Å². The molecule has 4 heteroatoms. The zero-order valence-corrected chi connectivity index (χ0v) is 17.5. The highest BCUT2D eigenvalue weighted by molar-refractivity contribution is 6.01. The van der Waals surface area contributed by atoms with Crippen molar-refractivity contribution in [2.45, 2.75) is 25.3 Å². The number of para-hydroxylation sites is 1. The fraction of sp³-hybridized carbons (Fsp3) is 0.148. The number of fused-ring (bicyclic) bond motifs is 1. The summed E-state index contributed by atoms with van der Waals surface area (Å²) in [5, 5.41) is 15.6. The van der Waals surface area contributed by atoms with Crippen LogP contribution >= 0.6 is 0 Å². The number of carbonyl (C=O) groups is 1. The van der Waals surface area contributed by atoms with Gasteiger partial charge in [-0.25, -0.2) is 0 Å². The molecule has 4 aromatic rings. The third-order valence-corrected chi connectivity index (χ3v) is 6.40. The Bertz CT molecular complexity index is 1310. The Hall–Kier alpha value is -3.79. The summed E-state index contributed by atoms with van der Waals surface area (Å²) in [7, 11) is 0. The van der Waals surface area contributed by atoms with Gasteiger partial charge in [-0.2, -0.15) is 0 Å². The van der Waals surface area contributed by atoms with Gasteiger partial charge in [0.1, 0.15) is 11.3 Å². The van der Waals surface area contributed by atoms with Crippen molar-refractivity contribution in [2.24, 2.45) is 0 Å². The fourth-order valence-electron chi connectivity index (χ4n) is 4.69. The number of aliphatic hydroxyl groups excluding tert-OH is 1. The smallest absolute Gasteiger partial charge is 0.252 e. The summed E-state index contributed by atoms with van der Waals surface area (Å²) in [5.41, 5.74) is 4.21. The van der Waals surface area contributed by atoms with Gasteiger partial charge in [-0.1, -0.05) is 78.9 Å². The maximum absolute atomic E-state index is 13.3. The summed E-state index contributed by atoms with van der Waals surface area (Å²) < 4.78 is 0. The normalized spacial score (nSPS) is 19.6. The van der Waals surface area contributed by atoms with Crippen LogP contribution in [-0.4, -0.2) is 16.0 Å². The molecule has 0 saturated carbocycles. The van der Waals surface area contributed by atoms with Crippen molar-refractivity contribution in [1.29, 1.82) is 0 Å². The summed E-state index contributed by atoms with van der Waals surface area (Å²) >= 11 is 0. The molecule has 2 heterocycles. The Kier molecular flexibility index (Phi) is 4.44. The quantitative estimate of drug-likeness (QED) is 0.419. The van der Waals surface area contributed by atoms with Crippen LogP contribution in [0.4, 0.5) is 0 Å². The SMILES string of the molecule is Cc1c(C(C2=C(O)[C@@](C)(c3ccccc3)NC2=O)c2ccccc2)[nH]c2ccccc12. The van der Waals surface area contributed by atoms with Crippen molar-refractivity contribution >= 4 is 16.8 Å². The third-order valence-electron chi connectivity index (χ3n) is 6.40. The molecule has 0 bridgehead atoms. The first-order valence-electron chi connectivity index (χ1n) is 10.4. The molecule has 1 unspecified atom stereocenters. The second-order valence-electron chi connectivity index (χ2n) is 8.26. The summed E-state index contributed by atoms with van der Waals surface area (Å²) in [4.78, 5) is 16.9. The minimum atomic E-state index is -0.972. The van der Waals surface area contributed by atoms with Crippen LogP contribution in [0.1, 0.15) is 35.2 Å². The van der Waals surface area contributed by atoms with Gasteiger partial charge in [-0.15, -0.1) is 0 Å². The molecule has 0 spiro atoms. The largest absolute Gasteiger partial charge is 0.509 e. The summed E-state index contributed by atoms with van der Waals surface area (Å²) in [6.07, 6.45) is 0. The number of nitrogens with one attached hydrogen (secondary N) is 2. The van der Waals surface area contributed by atoms with Crippen LogP contribution in [-0.2, 0) is 10.3 Å². The van der Waals surface area contributed by atoms with Crippen molar-refractivity contribution in [1.82, 2.24) is 10.3 Å². The number of carbonyl (C=O) groups excluding carboxylic acids is 1. The van der Waals surface area contributed by atoms with E-state index in [1.54, 1.807) is 0 Å². The monoisotopic (exact) mass is 408 g/mol. The second kappa shape index (κ2) is 7.17. The number of hydrogen-bond donors (Lipinski definition) is 3. The average molecular weight is 409 g/mol. The Morgan fingerprint density at radius 1 is 0.871 bits per heavy atom. The van der Waals surface area contributed by atoms with E-state index in [0.29, 0.717) is 5.57 Å². The Labute approximate surface area is 181 Å². The number of aromatic amines is 1. The molecule has 154 valence electrons. The Balaban J connectivity index is 1.76. The van der Waals surface area contributed by atoms with Crippen LogP contribution in [0.3, 0.4) is 0 Å². The summed E-state index contributed by atoms with van der Waals surface area (Å²) in [6, 6.07) is 27.6. The zero-order valence-electron chi connectivity index (χ0n) is 17.5. The first-order valence-corrected chi connectivity index (χ1v) is 10.4. The first kappa shape index (κ1) is 19.2. The van der Waals surface area contributed by atoms with E-state index < -0.39 is 11.5 Å². The average Bonchev–Trinajstić information content (AvgIpc) is 3.25. The van der Waals surface area contributed by atoms with E-state index in [-0.39, 0.29) is 11.7 Å². The van der Waals surface area contributed by atoms with Gasteiger partial charge < -0.3 is 15.4 Å². The van der Waals surface area contributed by atoms with Crippen molar-refractivity contribution in [3.63, 3.8) is 0 Å². The van der Waals surface area contributed by atoms with E-state index >= 15 is 0 Å². The van der Waals surface area contributed by atoms with Crippen LogP contribution < -0.4 is 5.32 Å². The molecule has 0 fully saturated rings. The number of aliphatic hydroxyl groups is 1. The van der Waals surface area contributed by atoms with Crippen LogP contribution in [0, 0.1) is 6.92 Å². The lowest BCUT2D eigenvalue weighted by Gasteiger charge is -2.25. The number of H-pyrrole nitrogens is 1. The van der Waals surface area contributed by atoms with Gasteiger partial charge in [0.25, 0.3) is 5.91 Å². The number of hydrogen-bond acceptors (Lipinski definition) is 2. The Morgan fingerprint density at radius 2 is 1.48 bits per heavy atom. The lowest BCUT2D eigenvalue weighted by atomic mass is 9.83. The first-order chi connectivity index (χ1) is 15.0. The van der Waals surface area contributed by atoms with E-state index in [1.165, 1.54) is 0 Å². The van der Waals surface area contributed by atoms with Gasteiger partial charge >= 0.3 is 0 Å². The molecule has 1 aliphatic rings. The van der Waals surface area contributed by atoms with Gasteiger partial charge in [0, 0.05) is 16.6 Å². The molecule has 3 N–H and O–H groups in total. The van der Waals surface area contributed by atoms with E-state index in [9.17, 15) is 9.90 Å². The minimum absolute atomic E-state index is 0.0654. The zero-order chi connectivity index (χ0) is 21.6. The predicted molar refractivity (Wildman–Crippen MR) is 123 cm³/mol. The van der Waals surface area contributed by atoms with Crippen molar-refractivity contribution < 1.29 is 9.90 Å². The summed E-state index contributed by atoms with van der Waals surface area (Å²) in [6.45, 7) is 3.91. The molecule has 1 amide bonds. The number of amides is 1. The van der Waals surface area contributed by atoms with E-state index in [4.69, 9.17) is 0 Å². The molecular weight excluding hydrogens is 384 g/mol. The van der Waals surface area contributed by atoms with Gasteiger partial charge in [0.2, 0.25) is 0 Å². The van der Waals surface area contributed by atoms with Gasteiger partial charge in [0.05, 0.1) is 11.5 Å². The molecular formula is C27H24N2O2. The van der Waals surface area contributed by atoms with E-state index in [2.05, 4.69) is 23.3 Å². The molecule has 0 radical (unpaired) electrons. The second-order valence-corrected chi connectivity index (χ2v) is 8.26. The molecule has 5 rings (SSSR count). The molecule has 4 nitrogen and oxygen atoms in total. The number of benzene rings is 3. The topological polar surface area (TPSA) is 65.1 Å². The highest BCUT2D eigenvalue weighted by atomic mass is 16.3. The lowest BCUT2D eigenvalue weighted by Crippen LogP contribution is -2.39. The highest BCUT2D eigenvalue weighted by Gasteiger charge is 2.46. The molecule has 1 aromatic heterocycles. The molecule has 3 aromatic carbocycles. The van der Waals surface area contributed by atoms with Crippen molar-refractivity contribution in [3.05, 3.63) is 119 Å². The van der Waals surface area contributed by atoms with Crippen molar-refractivity contribution in [3.8, 4) is 0 Å². The fourth-order valence-corrected chi connectivity index (χ4v) is 4.69. The van der Waals surface area contributed by atoms with Gasteiger partial charge in [0.15, 0.2) is 0 Å². The predicted octanol–water partition coefficient (Wildman–Crippen LogP) is 5.47. The van der Waals surface area contributed by atoms with E-state index in [1.807, 2.05) is 85.8 Å². The molecule has 2 atom stereocenters. The number of rotatable bonds is 4. The van der Waals surface area contributed by atoms with Crippen LogP contribution in [0.2, 0.25) is 0 Å². The van der Waals surface area contributed by atoms with Gasteiger partial charge in [-0.05, 0) is 36.6 Å². The van der Waals surface area contributed by atoms with Crippen LogP contribution in [0.5, 0.6) is 0 Å². The van der Waals surface area contributed by atoms with E-state index in [0.717, 1.165) is 33.3 Å². The third kappa shape index (κ3) is 2.95. The molecule has 0 aliphatic carbocycles. The maximum atomic E-state index is 13.3. The Morgan fingerprint density at radius 3 is 2.16 bits per heavy atom. The van der Waals surface area contributed by atoms with Crippen molar-refractivity contribution in [2.75, 3.05) is 0 Å². The molecule has 1 aliphatic heterocycles. The molecule has 31 heavy (non-hydrogen) atoms. The highest BCUT2D eigenvalue weighted by Crippen LogP contribution is 2.44. The lowest BCUT2D eigenvalue weighted by molar-refractivity contribution is -0.118. The van der Waals surface area contributed by atoms with Gasteiger partial charge in [-0.3, -0.25) is 4.79 Å². The molecule has 0 saturated heterocycles.